The highest BCUT2D eigenvalue weighted by atomic mass is 32.2. The molecule has 0 bridgehead atoms. The van der Waals surface area contributed by atoms with Crippen LogP contribution in [0.15, 0.2) is 37.2 Å². The summed E-state index contributed by atoms with van der Waals surface area (Å²) in [5, 5.41) is 21.4. The number of nitrogens with zero attached hydrogens (tertiary/aromatic N) is 4. The van der Waals surface area contributed by atoms with Gasteiger partial charge in [0.2, 0.25) is 5.82 Å². The predicted octanol–water partition coefficient (Wildman–Crippen LogP) is 0.719. The number of primary amides is 1. The Bertz CT molecular complexity index is 1110. The van der Waals surface area contributed by atoms with E-state index in [1.165, 1.54) is 16.7 Å². The van der Waals surface area contributed by atoms with Crippen LogP contribution in [0.25, 0.3) is 11.5 Å². The van der Waals surface area contributed by atoms with Crippen molar-refractivity contribution in [1.29, 1.82) is 0 Å². The van der Waals surface area contributed by atoms with Gasteiger partial charge in [0.05, 0.1) is 12.1 Å². The van der Waals surface area contributed by atoms with Crippen LogP contribution in [0.5, 0.6) is 0 Å². The van der Waals surface area contributed by atoms with Crippen molar-refractivity contribution >= 4 is 17.9 Å². The van der Waals surface area contributed by atoms with E-state index in [0.29, 0.717) is 12.0 Å². The van der Waals surface area contributed by atoms with Gasteiger partial charge in [0.25, 0.3) is 0 Å². The minimum atomic E-state index is -1.02. The Labute approximate surface area is 165 Å². The number of fused-ring (bicyclic) bond motifs is 1. The van der Waals surface area contributed by atoms with E-state index in [9.17, 15) is 19.1 Å². The molecular formula is C16H14FN5O6S. The lowest BCUT2D eigenvalue weighted by Crippen LogP contribution is -2.31. The maximum absolute atomic E-state index is 13.6. The Morgan fingerprint density at radius 3 is 3.07 bits per heavy atom. The molecule has 1 aliphatic rings. The van der Waals surface area contributed by atoms with E-state index in [1.807, 2.05) is 0 Å². The normalized spacial score (nSPS) is 16.1. The van der Waals surface area contributed by atoms with Crippen molar-refractivity contribution in [3.63, 3.8) is 0 Å². The molecule has 0 spiro atoms. The summed E-state index contributed by atoms with van der Waals surface area (Å²) in [6.45, 7) is -0.290. The van der Waals surface area contributed by atoms with Crippen molar-refractivity contribution in [2.24, 2.45) is 5.73 Å². The van der Waals surface area contributed by atoms with Crippen LogP contribution in [0.4, 0.5) is 9.18 Å². The Kier molecular flexibility index (Phi) is 5.07. The molecule has 1 aliphatic carbocycles. The molecule has 2 atom stereocenters. The van der Waals surface area contributed by atoms with Gasteiger partial charge in [0.15, 0.2) is 10.7 Å². The van der Waals surface area contributed by atoms with Crippen LogP contribution in [0, 0.1) is 5.82 Å². The third-order valence-electron chi connectivity index (χ3n) is 4.33. The Morgan fingerprint density at radius 2 is 2.28 bits per heavy atom. The third kappa shape index (κ3) is 3.73. The van der Waals surface area contributed by atoms with Gasteiger partial charge >= 0.3 is 11.8 Å². The van der Waals surface area contributed by atoms with Gasteiger partial charge in [-0.3, -0.25) is 4.52 Å². The standard InChI is InChI=1S/C16H14FN5O6S/c17-8-2-1-7-3-11(10(7)4-8)22-13(20-27-16(22)25)12-14(21-28-19-12)29-6-9(23)5-26-15(18)24/h1-2,4,9,11,23H,3,5-6H2,(H2,18,24). The summed E-state index contributed by atoms with van der Waals surface area (Å²) in [4.78, 5) is 22.8. The lowest BCUT2D eigenvalue weighted by atomic mass is 9.83. The first-order valence-corrected chi connectivity index (χ1v) is 9.35. The lowest BCUT2D eigenvalue weighted by Gasteiger charge is -2.30. The molecule has 0 saturated heterocycles. The average Bonchev–Trinajstić information content (AvgIpc) is 3.28. The van der Waals surface area contributed by atoms with Crippen LogP contribution in [0.1, 0.15) is 17.2 Å². The SMILES string of the molecule is NC(=O)OCC(O)CSc1nonc1-c1noc(=O)n1C1Cc2ccc(F)cc21. The first kappa shape index (κ1) is 19.1. The molecular weight excluding hydrogens is 409 g/mol. The summed E-state index contributed by atoms with van der Waals surface area (Å²) in [5.74, 6) is -0.991. The van der Waals surface area contributed by atoms with Crippen LogP contribution in [-0.4, -0.2) is 49.7 Å². The molecule has 0 aliphatic heterocycles. The second-order valence-electron chi connectivity index (χ2n) is 6.22. The zero-order valence-electron chi connectivity index (χ0n) is 14.6. The summed E-state index contributed by atoms with van der Waals surface area (Å²) >= 11 is 1.05. The molecule has 4 rings (SSSR count). The summed E-state index contributed by atoms with van der Waals surface area (Å²) in [7, 11) is 0. The molecule has 2 aromatic heterocycles. The summed E-state index contributed by atoms with van der Waals surface area (Å²) in [6, 6.07) is 3.92. The lowest BCUT2D eigenvalue weighted by molar-refractivity contribution is 0.0857. The van der Waals surface area contributed by atoms with Crippen molar-refractivity contribution in [2.75, 3.05) is 12.4 Å². The molecule has 13 heteroatoms. The van der Waals surface area contributed by atoms with Gasteiger partial charge in [-0.2, -0.15) is 0 Å². The zero-order chi connectivity index (χ0) is 20.5. The molecule has 2 unspecified atom stereocenters. The summed E-state index contributed by atoms with van der Waals surface area (Å²) < 4.78 is 28.9. The maximum Gasteiger partial charge on any atom is 0.442 e. The molecule has 0 fully saturated rings. The van der Waals surface area contributed by atoms with E-state index in [1.54, 1.807) is 6.07 Å². The number of thioether (sulfide) groups is 1. The Balaban J connectivity index is 1.56. The first-order chi connectivity index (χ1) is 13.9. The maximum atomic E-state index is 13.6. The van der Waals surface area contributed by atoms with E-state index < -0.39 is 29.8 Å². The van der Waals surface area contributed by atoms with E-state index >= 15 is 0 Å². The minimum Gasteiger partial charge on any atom is -0.447 e. The van der Waals surface area contributed by atoms with Crippen LogP contribution < -0.4 is 11.5 Å². The highest BCUT2D eigenvalue weighted by Crippen LogP contribution is 2.38. The predicted molar refractivity (Wildman–Crippen MR) is 94.6 cm³/mol. The van der Waals surface area contributed by atoms with Gasteiger partial charge in [-0.15, -0.1) is 0 Å². The zero-order valence-corrected chi connectivity index (χ0v) is 15.5. The van der Waals surface area contributed by atoms with Crippen molar-refractivity contribution in [2.45, 2.75) is 23.6 Å². The number of carbonyl (C=O) groups is 1. The molecule has 3 aromatic rings. The molecule has 29 heavy (non-hydrogen) atoms. The number of halogens is 1. The van der Waals surface area contributed by atoms with E-state index in [4.69, 9.17) is 14.9 Å². The molecule has 152 valence electrons. The highest BCUT2D eigenvalue weighted by Gasteiger charge is 2.34. The van der Waals surface area contributed by atoms with Crippen LogP contribution >= 0.6 is 11.8 Å². The van der Waals surface area contributed by atoms with E-state index in [0.717, 1.165) is 17.3 Å². The fourth-order valence-electron chi connectivity index (χ4n) is 2.98. The summed E-state index contributed by atoms with van der Waals surface area (Å²) in [5.41, 5.74) is 6.55. The fourth-order valence-corrected chi connectivity index (χ4v) is 3.78. The smallest absolute Gasteiger partial charge is 0.442 e. The van der Waals surface area contributed by atoms with Crippen molar-refractivity contribution in [3.05, 3.63) is 45.7 Å². The fraction of sp³-hybridized carbons (Fsp3) is 0.312. The van der Waals surface area contributed by atoms with Gasteiger partial charge in [-0.1, -0.05) is 23.0 Å². The van der Waals surface area contributed by atoms with Gasteiger partial charge in [-0.25, -0.2) is 23.2 Å². The number of aliphatic hydroxyl groups excluding tert-OH is 1. The van der Waals surface area contributed by atoms with E-state index in [2.05, 4.69) is 20.2 Å². The van der Waals surface area contributed by atoms with E-state index in [-0.39, 0.29) is 28.9 Å². The second kappa shape index (κ2) is 7.67. The van der Waals surface area contributed by atoms with Gasteiger partial charge in [0, 0.05) is 5.75 Å². The van der Waals surface area contributed by atoms with Crippen molar-refractivity contribution in [1.82, 2.24) is 20.0 Å². The molecule has 11 nitrogen and oxygen atoms in total. The first-order valence-electron chi connectivity index (χ1n) is 8.36. The van der Waals surface area contributed by atoms with Gasteiger partial charge in [0.1, 0.15) is 12.4 Å². The quantitative estimate of drug-likeness (QED) is 0.518. The van der Waals surface area contributed by atoms with Crippen molar-refractivity contribution in [3.8, 4) is 11.5 Å². The van der Waals surface area contributed by atoms with Crippen LogP contribution in [-0.2, 0) is 11.2 Å². The van der Waals surface area contributed by atoms with Gasteiger partial charge in [-0.05, 0) is 40.0 Å². The van der Waals surface area contributed by atoms with Gasteiger partial charge < -0.3 is 15.6 Å². The largest absolute Gasteiger partial charge is 0.447 e. The number of hydrogen-bond acceptors (Lipinski definition) is 10. The number of carbonyl (C=O) groups excluding carboxylic acids is 1. The molecule has 0 saturated carbocycles. The number of benzene rings is 1. The number of ether oxygens (including phenoxy) is 1. The number of amides is 1. The van der Waals surface area contributed by atoms with Crippen molar-refractivity contribution < 1.29 is 28.2 Å². The highest BCUT2D eigenvalue weighted by molar-refractivity contribution is 7.99. The topological polar surface area (TPSA) is 160 Å². The molecule has 2 heterocycles. The molecule has 1 aromatic carbocycles. The second-order valence-corrected chi connectivity index (χ2v) is 7.23. The third-order valence-corrected chi connectivity index (χ3v) is 5.42. The monoisotopic (exact) mass is 423 g/mol. The molecule has 3 N–H and O–H groups in total. The Hall–Kier alpha value is -3.19. The number of aromatic nitrogens is 4. The molecule has 0 radical (unpaired) electrons. The Morgan fingerprint density at radius 1 is 1.45 bits per heavy atom. The number of rotatable bonds is 7. The van der Waals surface area contributed by atoms with Crippen LogP contribution in [0.3, 0.4) is 0 Å². The minimum absolute atomic E-state index is 0.0709. The van der Waals surface area contributed by atoms with Crippen LogP contribution in [0.2, 0.25) is 0 Å². The average molecular weight is 423 g/mol. The number of hydrogen-bond donors (Lipinski definition) is 2. The number of aliphatic hydroxyl groups is 1. The molecule has 1 amide bonds. The summed E-state index contributed by atoms with van der Waals surface area (Å²) in [6.07, 6.45) is -1.51. The number of nitrogens with two attached hydrogens (primary N) is 1.